The van der Waals surface area contributed by atoms with Gasteiger partial charge in [0, 0.05) is 36.4 Å². The molecule has 2 aromatic carbocycles. The molecule has 178 valence electrons. The number of aryl methyl sites for hydroxylation is 1. The van der Waals surface area contributed by atoms with Crippen molar-refractivity contribution in [3.8, 4) is 39.1 Å². The Kier molecular flexibility index (Phi) is 6.88. The maximum atomic E-state index is 6.42. The maximum Gasteiger partial charge on any atom is 0.226 e. The van der Waals surface area contributed by atoms with Crippen molar-refractivity contribution in [3.05, 3.63) is 73.1 Å². The summed E-state index contributed by atoms with van der Waals surface area (Å²) < 4.78 is 8.36. The predicted molar refractivity (Wildman–Crippen MR) is 144 cm³/mol. The van der Waals surface area contributed by atoms with Crippen LogP contribution < -0.4 is 4.74 Å². The van der Waals surface area contributed by atoms with Crippen molar-refractivity contribution in [1.29, 1.82) is 0 Å². The van der Waals surface area contributed by atoms with Gasteiger partial charge in [-0.15, -0.1) is 11.3 Å². The SMILES string of the molecule is CCN(CC)CCOc1nc(-c2nccn2C)nc2sc(-c3ccccc3)c(-c3ccccc3)c12. The second-order valence-electron chi connectivity index (χ2n) is 8.31. The first kappa shape index (κ1) is 23.2. The monoisotopic (exact) mass is 483 g/mol. The molecule has 0 N–H and O–H groups in total. The number of imidazole rings is 1. The van der Waals surface area contributed by atoms with E-state index in [0.29, 0.717) is 18.3 Å². The van der Waals surface area contributed by atoms with Crippen molar-refractivity contribution >= 4 is 21.6 Å². The van der Waals surface area contributed by atoms with Gasteiger partial charge in [0.15, 0.2) is 5.82 Å². The Balaban J connectivity index is 1.72. The minimum atomic E-state index is 0.554. The van der Waals surface area contributed by atoms with Gasteiger partial charge in [-0.2, -0.15) is 4.98 Å². The highest BCUT2D eigenvalue weighted by atomic mass is 32.1. The zero-order valence-corrected chi connectivity index (χ0v) is 21.1. The Bertz CT molecular complexity index is 1410. The Morgan fingerprint density at radius 3 is 2.23 bits per heavy atom. The Labute approximate surface area is 209 Å². The van der Waals surface area contributed by atoms with Crippen LogP contribution in [0.1, 0.15) is 13.8 Å². The number of aromatic nitrogens is 4. The topological polar surface area (TPSA) is 56.1 Å². The molecule has 0 aliphatic rings. The number of likely N-dealkylation sites (N-methyl/N-ethyl adjacent to an activating group) is 1. The molecule has 0 aliphatic heterocycles. The summed E-state index contributed by atoms with van der Waals surface area (Å²) in [6, 6.07) is 20.9. The molecule has 3 heterocycles. The molecule has 5 aromatic rings. The molecule has 0 unspecified atom stereocenters. The number of hydrogen-bond acceptors (Lipinski definition) is 6. The van der Waals surface area contributed by atoms with Gasteiger partial charge in [-0.1, -0.05) is 74.5 Å². The minimum absolute atomic E-state index is 0.554. The molecule has 6 nitrogen and oxygen atoms in total. The van der Waals surface area contributed by atoms with Gasteiger partial charge in [0.05, 0.1) is 5.39 Å². The average molecular weight is 484 g/mol. The first-order valence-corrected chi connectivity index (χ1v) is 12.8. The molecule has 5 rings (SSSR count). The molecular formula is C28H29N5OS. The summed E-state index contributed by atoms with van der Waals surface area (Å²) in [7, 11) is 1.95. The van der Waals surface area contributed by atoms with Crippen molar-refractivity contribution in [2.75, 3.05) is 26.2 Å². The normalized spacial score (nSPS) is 11.4. The zero-order valence-electron chi connectivity index (χ0n) is 20.3. The number of nitrogens with zero attached hydrogens (tertiary/aromatic N) is 5. The lowest BCUT2D eigenvalue weighted by Crippen LogP contribution is -2.28. The molecule has 0 saturated carbocycles. The smallest absolute Gasteiger partial charge is 0.226 e. The van der Waals surface area contributed by atoms with Crippen LogP contribution in [0.25, 0.3) is 43.4 Å². The van der Waals surface area contributed by atoms with Gasteiger partial charge >= 0.3 is 0 Å². The molecule has 0 bridgehead atoms. The average Bonchev–Trinajstić information content (AvgIpc) is 3.51. The van der Waals surface area contributed by atoms with Crippen LogP contribution in [0.2, 0.25) is 0 Å². The summed E-state index contributed by atoms with van der Waals surface area (Å²) in [6.45, 7) is 7.71. The van der Waals surface area contributed by atoms with E-state index in [2.05, 4.69) is 72.3 Å². The maximum absolute atomic E-state index is 6.42. The third-order valence-electron chi connectivity index (χ3n) is 6.18. The highest BCUT2D eigenvalue weighted by molar-refractivity contribution is 7.22. The second-order valence-corrected chi connectivity index (χ2v) is 9.31. The molecule has 35 heavy (non-hydrogen) atoms. The lowest BCUT2D eigenvalue weighted by atomic mass is 10.00. The Hall–Kier alpha value is -3.55. The third kappa shape index (κ3) is 4.70. The van der Waals surface area contributed by atoms with Crippen LogP contribution in [0.3, 0.4) is 0 Å². The van der Waals surface area contributed by atoms with Crippen molar-refractivity contribution in [2.24, 2.45) is 7.05 Å². The van der Waals surface area contributed by atoms with Crippen LogP contribution in [0.15, 0.2) is 73.1 Å². The summed E-state index contributed by atoms with van der Waals surface area (Å²) in [5.74, 6) is 1.90. The molecule has 0 fully saturated rings. The van der Waals surface area contributed by atoms with E-state index in [0.717, 1.165) is 57.2 Å². The molecule has 0 spiro atoms. The largest absolute Gasteiger partial charge is 0.476 e. The van der Waals surface area contributed by atoms with E-state index in [1.54, 1.807) is 17.5 Å². The molecule has 3 aromatic heterocycles. The molecule has 0 aliphatic carbocycles. The van der Waals surface area contributed by atoms with Crippen molar-refractivity contribution < 1.29 is 4.74 Å². The first-order valence-electron chi connectivity index (χ1n) is 12.0. The fourth-order valence-electron chi connectivity index (χ4n) is 4.24. The number of fused-ring (bicyclic) bond motifs is 1. The van der Waals surface area contributed by atoms with E-state index in [-0.39, 0.29) is 0 Å². The van der Waals surface area contributed by atoms with Crippen LogP contribution >= 0.6 is 11.3 Å². The van der Waals surface area contributed by atoms with Crippen molar-refractivity contribution in [1.82, 2.24) is 24.4 Å². The number of benzene rings is 2. The molecule has 0 amide bonds. The lowest BCUT2D eigenvalue weighted by Gasteiger charge is -2.18. The number of thiophene rings is 1. The van der Waals surface area contributed by atoms with E-state index in [1.165, 1.54) is 0 Å². The van der Waals surface area contributed by atoms with Crippen molar-refractivity contribution in [3.63, 3.8) is 0 Å². The van der Waals surface area contributed by atoms with Gasteiger partial charge < -0.3 is 14.2 Å². The fourth-order valence-corrected chi connectivity index (χ4v) is 5.43. The summed E-state index contributed by atoms with van der Waals surface area (Å²) in [6.07, 6.45) is 3.67. The number of hydrogen-bond donors (Lipinski definition) is 0. The van der Waals surface area contributed by atoms with Gasteiger partial charge in [0.1, 0.15) is 11.4 Å². The first-order chi connectivity index (χ1) is 17.2. The van der Waals surface area contributed by atoms with E-state index in [9.17, 15) is 0 Å². The lowest BCUT2D eigenvalue weighted by molar-refractivity contribution is 0.219. The number of rotatable bonds is 9. The number of ether oxygens (including phenoxy) is 1. The molecule has 7 heteroatoms. The molecular weight excluding hydrogens is 454 g/mol. The summed E-state index contributed by atoms with van der Waals surface area (Å²) in [5, 5.41) is 0.956. The van der Waals surface area contributed by atoms with Crippen LogP contribution in [0.5, 0.6) is 5.88 Å². The Morgan fingerprint density at radius 1 is 0.914 bits per heavy atom. The van der Waals surface area contributed by atoms with Crippen molar-refractivity contribution in [2.45, 2.75) is 13.8 Å². The van der Waals surface area contributed by atoms with E-state index in [1.807, 2.05) is 29.9 Å². The van der Waals surface area contributed by atoms with E-state index < -0.39 is 0 Å². The quantitative estimate of drug-likeness (QED) is 0.252. The highest BCUT2D eigenvalue weighted by Gasteiger charge is 2.23. The molecule has 0 radical (unpaired) electrons. The summed E-state index contributed by atoms with van der Waals surface area (Å²) in [4.78, 5) is 18.8. The Morgan fingerprint density at radius 2 is 1.60 bits per heavy atom. The molecule has 0 atom stereocenters. The van der Waals surface area contributed by atoms with Gasteiger partial charge in [-0.25, -0.2) is 9.97 Å². The third-order valence-corrected chi connectivity index (χ3v) is 7.31. The van der Waals surface area contributed by atoms with Crippen LogP contribution in [-0.2, 0) is 7.05 Å². The standard InChI is InChI=1S/C28H29N5OS/c1-4-33(5-2)18-19-34-27-23-22(20-12-8-6-9-13-20)24(21-14-10-7-11-15-21)35-28(23)31-25(30-27)26-29-16-17-32(26)3/h6-17H,4-5,18-19H2,1-3H3. The zero-order chi connectivity index (χ0) is 24.2. The van der Waals surface area contributed by atoms with E-state index in [4.69, 9.17) is 14.7 Å². The second kappa shape index (κ2) is 10.4. The van der Waals surface area contributed by atoms with Crippen LogP contribution in [-0.4, -0.2) is 50.7 Å². The fraction of sp³-hybridized carbons (Fsp3) is 0.250. The highest BCUT2D eigenvalue weighted by Crippen LogP contribution is 2.47. The van der Waals surface area contributed by atoms with Gasteiger partial charge in [-0.3, -0.25) is 0 Å². The van der Waals surface area contributed by atoms with Crippen LogP contribution in [0, 0.1) is 0 Å². The van der Waals surface area contributed by atoms with Gasteiger partial charge in [0.2, 0.25) is 11.7 Å². The molecule has 0 saturated heterocycles. The summed E-state index contributed by atoms with van der Waals surface area (Å²) >= 11 is 1.67. The van der Waals surface area contributed by atoms with Gasteiger partial charge in [0.25, 0.3) is 0 Å². The van der Waals surface area contributed by atoms with Crippen LogP contribution in [0.4, 0.5) is 0 Å². The predicted octanol–water partition coefficient (Wildman–Crippen LogP) is 6.15. The van der Waals surface area contributed by atoms with Gasteiger partial charge in [-0.05, 0) is 24.2 Å². The minimum Gasteiger partial charge on any atom is -0.476 e. The van der Waals surface area contributed by atoms with E-state index >= 15 is 0 Å². The summed E-state index contributed by atoms with van der Waals surface area (Å²) in [5.41, 5.74) is 3.39.